The molecule has 14 atom stereocenters. The van der Waals surface area contributed by atoms with E-state index < -0.39 is 112 Å². The number of hydrogen-bond donors (Lipinski definition) is 12. The molecule has 0 radical (unpaired) electrons. The number of ether oxygens (including phenoxy) is 4. The fourth-order valence-electron chi connectivity index (χ4n) is 3.63. The molecule has 2 heterocycles. The van der Waals surface area contributed by atoms with Crippen molar-refractivity contribution in [3.8, 4) is 0 Å². The molecule has 0 amide bonds. The molecule has 16 nitrogen and oxygen atoms in total. The molecule has 0 bridgehead atoms. The van der Waals surface area contributed by atoms with Crippen molar-refractivity contribution in [3.63, 3.8) is 0 Å². The molecule has 2 aliphatic rings. The first-order chi connectivity index (χ1) is 16.0. The van der Waals surface area contributed by atoms with Crippen molar-refractivity contribution in [2.24, 2.45) is 0 Å². The number of aliphatic hydroxyl groups is 12. The lowest BCUT2D eigenvalue weighted by atomic mass is 9.98. The van der Waals surface area contributed by atoms with Crippen LogP contribution in [0.3, 0.4) is 0 Å². The minimum absolute atomic E-state index is 0.775. The number of rotatable bonds is 11. The first-order valence-electron chi connectivity index (χ1n) is 10.5. The van der Waals surface area contributed by atoms with Crippen molar-refractivity contribution in [1.82, 2.24) is 0 Å². The maximum Gasteiger partial charge on any atom is 0.187 e. The average molecular weight is 506 g/mol. The molecule has 34 heavy (non-hydrogen) atoms. The summed E-state index contributed by atoms with van der Waals surface area (Å²) in [5, 5.41) is 118. The Labute approximate surface area is 193 Å². The summed E-state index contributed by atoms with van der Waals surface area (Å²) in [7, 11) is 0. The number of hydrogen-bond acceptors (Lipinski definition) is 16. The molecule has 0 saturated carbocycles. The molecule has 202 valence electrons. The topological polar surface area (TPSA) is 280 Å². The highest BCUT2D eigenvalue weighted by molar-refractivity contribution is 4.93. The van der Waals surface area contributed by atoms with Crippen LogP contribution in [0, 0.1) is 0 Å². The SMILES string of the molecule is OCC(O)C(OC1OC(CO)C(O)C(O)C1O)C(O)C(CO)OC1OC(CO)C(O)C(O)C1O. The molecule has 0 spiro atoms. The van der Waals surface area contributed by atoms with Gasteiger partial charge in [-0.25, -0.2) is 0 Å². The van der Waals surface area contributed by atoms with Crippen LogP contribution in [0.5, 0.6) is 0 Å². The monoisotopic (exact) mass is 506 g/mol. The zero-order valence-corrected chi connectivity index (χ0v) is 17.9. The Morgan fingerprint density at radius 2 is 1.03 bits per heavy atom. The third-order valence-corrected chi connectivity index (χ3v) is 5.76. The van der Waals surface area contributed by atoms with E-state index in [9.17, 15) is 61.3 Å². The van der Waals surface area contributed by atoms with Crippen molar-refractivity contribution in [2.45, 2.75) is 85.8 Å². The maximum atomic E-state index is 10.7. The lowest BCUT2D eigenvalue weighted by molar-refractivity contribution is -0.341. The standard InChI is InChI=1S/C18H34O16/c19-1-5(23)16(34-18-15(30)13(28)10(25)7(3-21)32-18)11(26)8(4-22)33-17-14(29)12(27)9(24)6(2-20)31-17/h5-30H,1-4H2. The molecule has 14 unspecified atom stereocenters. The van der Waals surface area contributed by atoms with Crippen LogP contribution in [-0.4, -0.2) is 174 Å². The van der Waals surface area contributed by atoms with E-state index in [0.29, 0.717) is 0 Å². The van der Waals surface area contributed by atoms with E-state index >= 15 is 0 Å². The summed E-state index contributed by atoms with van der Waals surface area (Å²) < 4.78 is 20.9. The first-order valence-corrected chi connectivity index (χ1v) is 10.5. The molecule has 2 fully saturated rings. The maximum absolute atomic E-state index is 10.7. The Morgan fingerprint density at radius 3 is 1.41 bits per heavy atom. The minimum Gasteiger partial charge on any atom is -0.394 e. The molecule has 2 saturated heterocycles. The summed E-state index contributed by atoms with van der Waals surface area (Å²) in [5.74, 6) is 0. The fraction of sp³-hybridized carbons (Fsp3) is 1.00. The van der Waals surface area contributed by atoms with Gasteiger partial charge in [0.05, 0.1) is 26.4 Å². The second-order valence-electron chi connectivity index (χ2n) is 8.09. The van der Waals surface area contributed by atoms with Crippen LogP contribution in [-0.2, 0) is 18.9 Å². The average Bonchev–Trinajstić information content (AvgIpc) is 2.84. The molecule has 2 rings (SSSR count). The zero-order chi connectivity index (χ0) is 25.7. The fourth-order valence-corrected chi connectivity index (χ4v) is 3.63. The quantitative estimate of drug-likeness (QED) is 0.124. The lowest BCUT2D eigenvalue weighted by Gasteiger charge is -2.43. The van der Waals surface area contributed by atoms with Crippen molar-refractivity contribution in [3.05, 3.63) is 0 Å². The van der Waals surface area contributed by atoms with E-state index in [1.165, 1.54) is 0 Å². The second-order valence-corrected chi connectivity index (χ2v) is 8.09. The van der Waals surface area contributed by atoms with Crippen molar-refractivity contribution < 1.29 is 80.2 Å². The van der Waals surface area contributed by atoms with Crippen LogP contribution in [0.2, 0.25) is 0 Å². The number of aliphatic hydroxyl groups excluding tert-OH is 12. The van der Waals surface area contributed by atoms with Gasteiger partial charge in [0.25, 0.3) is 0 Å². The Morgan fingerprint density at radius 1 is 0.588 bits per heavy atom. The summed E-state index contributed by atoms with van der Waals surface area (Å²) in [5.41, 5.74) is 0. The van der Waals surface area contributed by atoms with Crippen LogP contribution in [0.15, 0.2) is 0 Å². The van der Waals surface area contributed by atoms with Crippen LogP contribution in [0.4, 0.5) is 0 Å². The highest BCUT2D eigenvalue weighted by Gasteiger charge is 2.49. The summed E-state index contributed by atoms with van der Waals surface area (Å²) in [6.45, 7) is -3.57. The molecule has 0 aromatic rings. The van der Waals surface area contributed by atoms with Gasteiger partial charge in [-0.05, 0) is 0 Å². The molecule has 2 aliphatic heterocycles. The molecular formula is C18H34O16. The van der Waals surface area contributed by atoms with Gasteiger partial charge >= 0.3 is 0 Å². The van der Waals surface area contributed by atoms with Gasteiger partial charge in [0, 0.05) is 0 Å². The largest absolute Gasteiger partial charge is 0.394 e. The summed E-state index contributed by atoms with van der Waals surface area (Å²) >= 11 is 0. The lowest BCUT2D eigenvalue weighted by Crippen LogP contribution is -2.63. The van der Waals surface area contributed by atoms with Gasteiger partial charge in [0.15, 0.2) is 12.6 Å². The van der Waals surface area contributed by atoms with Crippen molar-refractivity contribution >= 4 is 0 Å². The van der Waals surface area contributed by atoms with Crippen LogP contribution in [0.1, 0.15) is 0 Å². The predicted molar refractivity (Wildman–Crippen MR) is 103 cm³/mol. The van der Waals surface area contributed by atoms with Gasteiger partial charge in [-0.2, -0.15) is 0 Å². The third kappa shape index (κ3) is 6.37. The van der Waals surface area contributed by atoms with Gasteiger partial charge < -0.3 is 80.2 Å². The zero-order valence-electron chi connectivity index (χ0n) is 17.9. The van der Waals surface area contributed by atoms with Gasteiger partial charge in [0.2, 0.25) is 0 Å². The van der Waals surface area contributed by atoms with Crippen LogP contribution < -0.4 is 0 Å². The molecular weight excluding hydrogens is 472 g/mol. The van der Waals surface area contributed by atoms with E-state index in [4.69, 9.17) is 18.9 Å². The first kappa shape index (κ1) is 29.6. The Kier molecular flexibility index (Phi) is 11.4. The van der Waals surface area contributed by atoms with E-state index in [1.807, 2.05) is 0 Å². The van der Waals surface area contributed by atoms with E-state index in [-0.39, 0.29) is 0 Å². The van der Waals surface area contributed by atoms with E-state index in [2.05, 4.69) is 0 Å². The third-order valence-electron chi connectivity index (χ3n) is 5.76. The molecule has 0 aromatic carbocycles. The summed E-state index contributed by atoms with van der Waals surface area (Å²) in [6, 6.07) is 0. The molecule has 0 aliphatic carbocycles. The Hall–Kier alpha value is -0.640. The van der Waals surface area contributed by atoms with Crippen LogP contribution in [0.25, 0.3) is 0 Å². The Bertz CT molecular complexity index is 594. The van der Waals surface area contributed by atoms with E-state index in [1.54, 1.807) is 0 Å². The predicted octanol–water partition coefficient (Wildman–Crippen LogP) is -7.94. The smallest absolute Gasteiger partial charge is 0.187 e. The molecule has 12 N–H and O–H groups in total. The second kappa shape index (κ2) is 13.1. The van der Waals surface area contributed by atoms with Gasteiger partial charge in [0.1, 0.15) is 73.2 Å². The normalized spacial score (nSPS) is 42.7. The molecule has 0 aromatic heterocycles. The summed E-state index contributed by atoms with van der Waals surface area (Å²) in [6.07, 6.45) is -24.8. The van der Waals surface area contributed by atoms with Crippen LogP contribution >= 0.6 is 0 Å². The highest BCUT2D eigenvalue weighted by atomic mass is 16.7. The van der Waals surface area contributed by atoms with Crippen molar-refractivity contribution in [1.29, 1.82) is 0 Å². The van der Waals surface area contributed by atoms with E-state index in [0.717, 1.165) is 0 Å². The Balaban J connectivity index is 2.18. The van der Waals surface area contributed by atoms with Gasteiger partial charge in [-0.3, -0.25) is 0 Å². The van der Waals surface area contributed by atoms with Gasteiger partial charge in [-0.1, -0.05) is 0 Å². The van der Waals surface area contributed by atoms with Crippen molar-refractivity contribution in [2.75, 3.05) is 26.4 Å². The minimum atomic E-state index is -2.04. The molecule has 16 heteroatoms. The highest BCUT2D eigenvalue weighted by Crippen LogP contribution is 2.27. The summed E-state index contributed by atoms with van der Waals surface area (Å²) in [4.78, 5) is 0. The van der Waals surface area contributed by atoms with Gasteiger partial charge in [-0.15, -0.1) is 0 Å².